The summed E-state index contributed by atoms with van der Waals surface area (Å²) in [5.41, 5.74) is 1.38. The molecule has 4 heteroatoms. The van der Waals surface area contributed by atoms with Gasteiger partial charge in [-0.3, -0.25) is 0 Å². The van der Waals surface area contributed by atoms with E-state index < -0.39 is 0 Å². The van der Waals surface area contributed by atoms with Gasteiger partial charge in [0.15, 0.2) is 0 Å². The van der Waals surface area contributed by atoms with Gasteiger partial charge in [0.05, 0.1) is 0 Å². The Hall–Kier alpha value is -2.23. The third-order valence-corrected chi connectivity index (χ3v) is 3.06. The number of hydrogen-bond acceptors (Lipinski definition) is 3. The van der Waals surface area contributed by atoms with Crippen LogP contribution < -0.4 is 4.74 Å². The fraction of sp³-hybridized carbons (Fsp3) is 0.143. The maximum atomic E-state index is 13.2. The summed E-state index contributed by atoms with van der Waals surface area (Å²) < 4.78 is 18.8. The summed E-state index contributed by atoms with van der Waals surface area (Å²) in [6.07, 6.45) is 1.12. The summed E-state index contributed by atoms with van der Waals surface area (Å²) >= 11 is 0. The van der Waals surface area contributed by atoms with E-state index in [-0.39, 0.29) is 17.3 Å². The molecule has 0 bridgehead atoms. The first-order chi connectivity index (χ1) is 8.63. The van der Waals surface area contributed by atoms with Crippen LogP contribution in [0.5, 0.6) is 23.0 Å². The molecule has 1 aliphatic rings. The summed E-state index contributed by atoms with van der Waals surface area (Å²) in [6.45, 7) is 0. The van der Waals surface area contributed by atoms with Gasteiger partial charge in [0.25, 0.3) is 0 Å². The molecule has 0 fully saturated rings. The molecule has 0 aliphatic carbocycles. The van der Waals surface area contributed by atoms with Crippen molar-refractivity contribution in [1.82, 2.24) is 0 Å². The van der Waals surface area contributed by atoms with Crippen LogP contribution in [0.1, 0.15) is 11.1 Å². The first kappa shape index (κ1) is 10.9. The van der Waals surface area contributed by atoms with E-state index in [0.29, 0.717) is 29.9 Å². The Kier molecular flexibility index (Phi) is 2.37. The zero-order valence-corrected chi connectivity index (χ0v) is 9.48. The third-order valence-electron chi connectivity index (χ3n) is 3.06. The molecule has 3 nitrogen and oxygen atoms in total. The third kappa shape index (κ3) is 1.76. The van der Waals surface area contributed by atoms with Crippen molar-refractivity contribution in [3.05, 3.63) is 47.3 Å². The van der Waals surface area contributed by atoms with Crippen molar-refractivity contribution in [3.63, 3.8) is 0 Å². The Morgan fingerprint density at radius 2 is 1.83 bits per heavy atom. The zero-order chi connectivity index (χ0) is 12.7. The molecule has 0 spiro atoms. The van der Waals surface area contributed by atoms with E-state index in [9.17, 15) is 14.6 Å². The van der Waals surface area contributed by atoms with Crippen LogP contribution in [0.4, 0.5) is 4.39 Å². The van der Waals surface area contributed by atoms with E-state index in [1.54, 1.807) is 6.07 Å². The normalized spacial score (nSPS) is 13.2. The lowest BCUT2D eigenvalue weighted by Crippen LogP contribution is -1.90. The van der Waals surface area contributed by atoms with E-state index >= 15 is 0 Å². The SMILES string of the molecule is Oc1cc(O)c2c(c1)Oc1ccc(F)cc1CC2. The second-order valence-electron chi connectivity index (χ2n) is 4.30. The predicted molar refractivity (Wildman–Crippen MR) is 63.7 cm³/mol. The molecule has 0 atom stereocenters. The highest BCUT2D eigenvalue weighted by Crippen LogP contribution is 2.40. The number of fused-ring (bicyclic) bond motifs is 2. The van der Waals surface area contributed by atoms with Gasteiger partial charge in [0, 0.05) is 17.7 Å². The average molecular weight is 246 g/mol. The van der Waals surface area contributed by atoms with Crippen LogP contribution in [0.15, 0.2) is 30.3 Å². The van der Waals surface area contributed by atoms with Gasteiger partial charge in [-0.05, 0) is 36.6 Å². The van der Waals surface area contributed by atoms with Gasteiger partial charge in [-0.1, -0.05) is 0 Å². The maximum Gasteiger partial charge on any atom is 0.138 e. The van der Waals surface area contributed by atoms with Crippen LogP contribution in [-0.2, 0) is 12.8 Å². The molecule has 18 heavy (non-hydrogen) atoms. The van der Waals surface area contributed by atoms with Crippen molar-refractivity contribution in [2.24, 2.45) is 0 Å². The van der Waals surface area contributed by atoms with Crippen molar-refractivity contribution in [1.29, 1.82) is 0 Å². The molecule has 0 saturated carbocycles. The van der Waals surface area contributed by atoms with E-state index in [2.05, 4.69) is 0 Å². The maximum absolute atomic E-state index is 13.2. The Balaban J connectivity index is 2.12. The lowest BCUT2D eigenvalue weighted by atomic mass is 10.0. The van der Waals surface area contributed by atoms with E-state index in [4.69, 9.17) is 4.74 Å². The fourth-order valence-corrected chi connectivity index (χ4v) is 2.18. The highest BCUT2D eigenvalue weighted by atomic mass is 19.1. The number of aromatic hydroxyl groups is 2. The lowest BCUT2D eigenvalue weighted by Gasteiger charge is -2.10. The minimum atomic E-state index is -0.310. The van der Waals surface area contributed by atoms with Crippen LogP contribution in [0.3, 0.4) is 0 Å². The Morgan fingerprint density at radius 3 is 2.67 bits per heavy atom. The molecular formula is C14H11FO3. The summed E-state index contributed by atoms with van der Waals surface area (Å²) in [7, 11) is 0. The van der Waals surface area contributed by atoms with E-state index in [1.807, 2.05) is 0 Å². The number of phenolic OH excluding ortho intramolecular Hbond substituents is 2. The molecule has 0 saturated heterocycles. The molecule has 2 N–H and O–H groups in total. The standard InChI is InChI=1S/C14H11FO3/c15-9-2-4-13-8(5-9)1-3-11-12(17)6-10(16)7-14(11)18-13/h2,4-7,16-17H,1,3H2. The molecule has 0 unspecified atom stereocenters. The van der Waals surface area contributed by atoms with Crippen molar-refractivity contribution in [2.75, 3.05) is 0 Å². The first-order valence-corrected chi connectivity index (χ1v) is 5.64. The van der Waals surface area contributed by atoms with Gasteiger partial charge in [0.2, 0.25) is 0 Å². The molecule has 3 rings (SSSR count). The molecule has 2 aromatic carbocycles. The van der Waals surface area contributed by atoms with Crippen LogP contribution >= 0.6 is 0 Å². The van der Waals surface area contributed by atoms with E-state index in [1.165, 1.54) is 24.3 Å². The Bertz CT molecular complexity index is 623. The molecule has 0 amide bonds. The molecule has 1 heterocycles. The van der Waals surface area contributed by atoms with Crippen LogP contribution in [0, 0.1) is 5.82 Å². The quantitative estimate of drug-likeness (QED) is 0.750. The first-order valence-electron chi connectivity index (χ1n) is 5.64. The topological polar surface area (TPSA) is 49.7 Å². The molecular weight excluding hydrogens is 235 g/mol. The minimum Gasteiger partial charge on any atom is -0.508 e. The largest absolute Gasteiger partial charge is 0.508 e. The Labute approximate surface area is 103 Å². The highest BCUT2D eigenvalue weighted by Gasteiger charge is 2.19. The number of aryl methyl sites for hydroxylation is 1. The lowest BCUT2D eigenvalue weighted by molar-refractivity contribution is 0.426. The number of phenols is 2. The van der Waals surface area contributed by atoms with Gasteiger partial charge in [-0.25, -0.2) is 4.39 Å². The monoisotopic (exact) mass is 246 g/mol. The summed E-state index contributed by atoms with van der Waals surface area (Å²) in [4.78, 5) is 0. The van der Waals surface area contributed by atoms with Gasteiger partial charge in [-0.15, -0.1) is 0 Å². The predicted octanol–water partition coefficient (Wildman–Crippen LogP) is 3.13. The van der Waals surface area contributed by atoms with Crippen LogP contribution in [0.2, 0.25) is 0 Å². The smallest absolute Gasteiger partial charge is 0.138 e. The molecule has 1 aliphatic heterocycles. The van der Waals surface area contributed by atoms with Crippen molar-refractivity contribution in [2.45, 2.75) is 12.8 Å². The Morgan fingerprint density at radius 1 is 1.00 bits per heavy atom. The minimum absolute atomic E-state index is 0.00159. The summed E-state index contributed by atoms with van der Waals surface area (Å²) in [5, 5.41) is 19.2. The molecule has 92 valence electrons. The fourth-order valence-electron chi connectivity index (χ4n) is 2.18. The molecule has 0 aromatic heterocycles. The van der Waals surface area contributed by atoms with Gasteiger partial charge < -0.3 is 14.9 Å². The second-order valence-corrected chi connectivity index (χ2v) is 4.30. The molecule has 0 radical (unpaired) electrons. The zero-order valence-electron chi connectivity index (χ0n) is 9.48. The van der Waals surface area contributed by atoms with Gasteiger partial charge in [0.1, 0.15) is 28.8 Å². The van der Waals surface area contributed by atoms with Crippen molar-refractivity contribution in [3.8, 4) is 23.0 Å². The number of rotatable bonds is 0. The van der Waals surface area contributed by atoms with E-state index in [0.717, 1.165) is 5.56 Å². The number of benzene rings is 2. The highest BCUT2D eigenvalue weighted by molar-refractivity contribution is 5.53. The van der Waals surface area contributed by atoms with Crippen molar-refractivity contribution < 1.29 is 19.3 Å². The number of hydrogen-bond donors (Lipinski definition) is 2. The van der Waals surface area contributed by atoms with Gasteiger partial charge >= 0.3 is 0 Å². The number of halogens is 1. The molecule has 2 aromatic rings. The summed E-state index contributed by atoms with van der Waals surface area (Å²) in [5.74, 6) is 0.600. The summed E-state index contributed by atoms with van der Waals surface area (Å²) in [6, 6.07) is 7.04. The second kappa shape index (κ2) is 3.91. The number of ether oxygens (including phenoxy) is 1. The van der Waals surface area contributed by atoms with Crippen LogP contribution in [0.25, 0.3) is 0 Å². The van der Waals surface area contributed by atoms with Crippen LogP contribution in [-0.4, -0.2) is 10.2 Å². The van der Waals surface area contributed by atoms with Gasteiger partial charge in [-0.2, -0.15) is 0 Å². The average Bonchev–Trinajstić information content (AvgIpc) is 2.47. The van der Waals surface area contributed by atoms with Crippen molar-refractivity contribution >= 4 is 0 Å².